The second-order valence-electron chi connectivity index (χ2n) is 6.36. The van der Waals surface area contributed by atoms with E-state index >= 15 is 0 Å². The number of carbonyl (C=O) groups excluding carboxylic acids is 2. The molecule has 0 spiro atoms. The molecule has 0 radical (unpaired) electrons. The Hall–Kier alpha value is -2.65. The van der Waals surface area contributed by atoms with Crippen LogP contribution in [0.2, 0.25) is 0 Å². The molecule has 5 nitrogen and oxygen atoms in total. The molecular formula is C20H20N2O3S. The van der Waals surface area contributed by atoms with Crippen molar-refractivity contribution in [3.63, 3.8) is 0 Å². The Kier molecular flexibility index (Phi) is 5.69. The standard InChI is InChI=1S/C20H20N2O3S/c1-2-13-7-8-17-15(9-13)10-18(26-17)20(24)25-12-19(23)22-16-6-4-3-5-14(16)11-21/h3-6,10,13H,2,7-9,12H2,1H3,(H,22,23)/t13-/m0/s1. The molecule has 6 heteroatoms. The fourth-order valence-electron chi connectivity index (χ4n) is 3.13. The molecule has 1 aromatic carbocycles. The second-order valence-corrected chi connectivity index (χ2v) is 7.49. The van der Waals surface area contributed by atoms with Crippen molar-refractivity contribution in [1.29, 1.82) is 5.26 Å². The zero-order valence-electron chi connectivity index (χ0n) is 14.6. The Morgan fingerprint density at radius 2 is 2.19 bits per heavy atom. The van der Waals surface area contributed by atoms with Gasteiger partial charge in [-0.25, -0.2) is 4.79 Å². The van der Waals surface area contributed by atoms with Gasteiger partial charge in [-0.15, -0.1) is 11.3 Å². The van der Waals surface area contributed by atoms with Crippen LogP contribution >= 0.6 is 11.3 Å². The lowest BCUT2D eigenvalue weighted by molar-refractivity contribution is -0.119. The summed E-state index contributed by atoms with van der Waals surface area (Å²) in [6, 6.07) is 10.6. The van der Waals surface area contributed by atoms with Gasteiger partial charge in [-0.05, 0) is 48.9 Å². The van der Waals surface area contributed by atoms with Gasteiger partial charge in [-0.2, -0.15) is 5.26 Å². The molecule has 1 heterocycles. The van der Waals surface area contributed by atoms with Crippen LogP contribution in [0.25, 0.3) is 0 Å². The maximum absolute atomic E-state index is 12.2. The monoisotopic (exact) mass is 368 g/mol. The van der Waals surface area contributed by atoms with E-state index in [0.717, 1.165) is 19.3 Å². The summed E-state index contributed by atoms with van der Waals surface area (Å²) in [5.74, 6) is -0.249. The van der Waals surface area contributed by atoms with Gasteiger partial charge < -0.3 is 10.1 Å². The largest absolute Gasteiger partial charge is 0.451 e. The summed E-state index contributed by atoms with van der Waals surface area (Å²) < 4.78 is 5.14. The fourth-order valence-corrected chi connectivity index (χ4v) is 4.23. The van der Waals surface area contributed by atoms with Crippen LogP contribution < -0.4 is 5.32 Å². The molecule has 0 saturated carbocycles. The summed E-state index contributed by atoms with van der Waals surface area (Å²) in [6.45, 7) is 1.82. The highest BCUT2D eigenvalue weighted by atomic mass is 32.1. The number of rotatable bonds is 5. The summed E-state index contributed by atoms with van der Waals surface area (Å²) in [5.41, 5.74) is 2.02. The summed E-state index contributed by atoms with van der Waals surface area (Å²) in [4.78, 5) is 26.1. The highest BCUT2D eigenvalue weighted by molar-refractivity contribution is 7.14. The van der Waals surface area contributed by atoms with Crippen molar-refractivity contribution in [1.82, 2.24) is 0 Å². The number of carbonyl (C=O) groups is 2. The minimum absolute atomic E-state index is 0.364. The summed E-state index contributed by atoms with van der Waals surface area (Å²) in [5, 5.41) is 11.6. The first-order valence-corrected chi connectivity index (χ1v) is 9.50. The third kappa shape index (κ3) is 4.12. The SMILES string of the molecule is CC[C@H]1CCc2sc(C(=O)OCC(=O)Nc3ccccc3C#N)cc2C1. The average Bonchev–Trinajstić information content (AvgIpc) is 3.09. The van der Waals surface area contributed by atoms with Crippen LogP contribution in [0.1, 0.15) is 45.4 Å². The number of aryl methyl sites for hydroxylation is 1. The first-order valence-electron chi connectivity index (χ1n) is 8.68. The van der Waals surface area contributed by atoms with Crippen LogP contribution in [0.4, 0.5) is 5.69 Å². The zero-order chi connectivity index (χ0) is 18.5. The number of anilines is 1. The number of benzene rings is 1. The van der Waals surface area contributed by atoms with Gasteiger partial charge in [-0.1, -0.05) is 25.5 Å². The number of hydrogen-bond acceptors (Lipinski definition) is 5. The topological polar surface area (TPSA) is 79.2 Å². The molecule has 0 bridgehead atoms. The van der Waals surface area contributed by atoms with E-state index in [0.29, 0.717) is 22.0 Å². The molecular weight excluding hydrogens is 348 g/mol. The van der Waals surface area contributed by atoms with Crippen LogP contribution in [0.5, 0.6) is 0 Å². The van der Waals surface area contributed by atoms with Gasteiger partial charge in [0.05, 0.1) is 11.3 Å². The highest BCUT2D eigenvalue weighted by Gasteiger charge is 2.23. The summed E-state index contributed by atoms with van der Waals surface area (Å²) in [7, 11) is 0. The van der Waals surface area contributed by atoms with Crippen molar-refractivity contribution in [3.05, 3.63) is 51.2 Å². The van der Waals surface area contributed by atoms with Crippen LogP contribution in [0, 0.1) is 17.2 Å². The molecule has 1 N–H and O–H groups in total. The third-order valence-electron chi connectivity index (χ3n) is 4.62. The van der Waals surface area contributed by atoms with Crippen molar-refractivity contribution in [2.45, 2.75) is 32.6 Å². The van der Waals surface area contributed by atoms with Crippen molar-refractivity contribution in [3.8, 4) is 6.07 Å². The highest BCUT2D eigenvalue weighted by Crippen LogP contribution is 2.33. The number of nitrogens with zero attached hydrogens (tertiary/aromatic N) is 1. The lowest BCUT2D eigenvalue weighted by atomic mass is 9.87. The van der Waals surface area contributed by atoms with Gasteiger partial charge in [0.15, 0.2) is 6.61 Å². The Morgan fingerprint density at radius 3 is 2.96 bits per heavy atom. The number of fused-ring (bicyclic) bond motifs is 1. The minimum atomic E-state index is -0.471. The van der Waals surface area contributed by atoms with E-state index in [1.807, 2.05) is 12.1 Å². The van der Waals surface area contributed by atoms with E-state index in [1.54, 1.807) is 24.3 Å². The zero-order valence-corrected chi connectivity index (χ0v) is 15.4. The number of esters is 1. The number of para-hydroxylation sites is 1. The van der Waals surface area contributed by atoms with Crippen molar-refractivity contribution in [2.24, 2.45) is 5.92 Å². The van der Waals surface area contributed by atoms with Crippen molar-refractivity contribution in [2.75, 3.05) is 11.9 Å². The van der Waals surface area contributed by atoms with E-state index in [2.05, 4.69) is 12.2 Å². The molecule has 0 unspecified atom stereocenters. The Balaban J connectivity index is 1.57. The number of ether oxygens (including phenoxy) is 1. The molecule has 2 aromatic rings. The number of amides is 1. The molecule has 1 atom stereocenters. The first-order chi connectivity index (χ1) is 12.6. The van der Waals surface area contributed by atoms with Crippen LogP contribution in [-0.2, 0) is 22.4 Å². The predicted octanol–water partition coefficient (Wildman–Crippen LogP) is 3.93. The van der Waals surface area contributed by atoms with Gasteiger partial charge in [0, 0.05) is 4.88 Å². The molecule has 134 valence electrons. The number of hydrogen-bond donors (Lipinski definition) is 1. The Labute approximate surface area is 156 Å². The van der Waals surface area contributed by atoms with Gasteiger partial charge in [0.2, 0.25) is 0 Å². The Morgan fingerprint density at radius 1 is 1.38 bits per heavy atom. The molecule has 26 heavy (non-hydrogen) atoms. The summed E-state index contributed by atoms with van der Waals surface area (Å²) in [6.07, 6.45) is 4.34. The number of nitrogens with one attached hydrogen (secondary N) is 1. The maximum atomic E-state index is 12.2. The smallest absolute Gasteiger partial charge is 0.348 e. The van der Waals surface area contributed by atoms with Gasteiger partial charge >= 0.3 is 5.97 Å². The van der Waals surface area contributed by atoms with Crippen molar-refractivity contribution < 1.29 is 14.3 Å². The fraction of sp³-hybridized carbons (Fsp3) is 0.350. The number of thiophene rings is 1. The second kappa shape index (κ2) is 8.15. The van der Waals surface area contributed by atoms with E-state index in [4.69, 9.17) is 10.00 Å². The lowest BCUT2D eigenvalue weighted by Gasteiger charge is -2.19. The Bertz CT molecular complexity index is 866. The first kappa shape index (κ1) is 18.2. The lowest BCUT2D eigenvalue weighted by Crippen LogP contribution is -2.21. The third-order valence-corrected chi connectivity index (χ3v) is 5.84. The predicted molar refractivity (Wildman–Crippen MR) is 100 cm³/mol. The molecule has 1 aromatic heterocycles. The molecule has 3 rings (SSSR count). The van der Waals surface area contributed by atoms with E-state index in [-0.39, 0.29) is 6.61 Å². The van der Waals surface area contributed by atoms with Crippen LogP contribution in [0.15, 0.2) is 30.3 Å². The van der Waals surface area contributed by atoms with E-state index in [9.17, 15) is 9.59 Å². The molecule has 1 amide bonds. The van der Waals surface area contributed by atoms with E-state index in [1.165, 1.54) is 28.2 Å². The van der Waals surface area contributed by atoms with Crippen LogP contribution in [0.3, 0.4) is 0 Å². The molecule has 0 aliphatic heterocycles. The quantitative estimate of drug-likeness (QED) is 0.811. The maximum Gasteiger partial charge on any atom is 0.348 e. The molecule has 1 aliphatic carbocycles. The normalized spacial score (nSPS) is 15.6. The average molecular weight is 368 g/mol. The minimum Gasteiger partial charge on any atom is -0.451 e. The van der Waals surface area contributed by atoms with Crippen LogP contribution in [-0.4, -0.2) is 18.5 Å². The van der Waals surface area contributed by atoms with Crippen molar-refractivity contribution >= 4 is 28.9 Å². The van der Waals surface area contributed by atoms with E-state index < -0.39 is 11.9 Å². The molecule has 1 aliphatic rings. The van der Waals surface area contributed by atoms with Gasteiger partial charge in [0.1, 0.15) is 10.9 Å². The van der Waals surface area contributed by atoms with Gasteiger partial charge in [-0.3, -0.25) is 4.79 Å². The molecule has 0 fully saturated rings. The van der Waals surface area contributed by atoms with Gasteiger partial charge in [0.25, 0.3) is 5.91 Å². The number of nitriles is 1. The summed E-state index contributed by atoms with van der Waals surface area (Å²) >= 11 is 1.47. The molecule has 0 saturated heterocycles.